The highest BCUT2D eigenvalue weighted by molar-refractivity contribution is 5.93. The lowest BCUT2D eigenvalue weighted by atomic mass is 10.1. The van der Waals surface area contributed by atoms with Crippen molar-refractivity contribution >= 4 is 17.5 Å². The molecule has 27 heavy (non-hydrogen) atoms. The molecule has 1 heterocycles. The monoisotopic (exact) mass is 372 g/mol. The van der Waals surface area contributed by atoms with Gasteiger partial charge in [0.2, 0.25) is 5.95 Å². The van der Waals surface area contributed by atoms with Gasteiger partial charge in [-0.2, -0.15) is 0 Å². The van der Waals surface area contributed by atoms with Crippen molar-refractivity contribution in [3.05, 3.63) is 83.4 Å². The van der Waals surface area contributed by atoms with Crippen LogP contribution in [0.2, 0.25) is 0 Å². The average Bonchev–Trinajstić information content (AvgIpc) is 2.69. The molecule has 1 amide bonds. The van der Waals surface area contributed by atoms with Crippen LogP contribution in [-0.2, 0) is 0 Å². The van der Waals surface area contributed by atoms with E-state index in [9.17, 15) is 18.0 Å². The lowest BCUT2D eigenvalue weighted by molar-refractivity contribution is 0.0939. The predicted octanol–water partition coefficient (Wildman–Crippen LogP) is 4.13. The van der Waals surface area contributed by atoms with E-state index >= 15 is 0 Å². The predicted molar refractivity (Wildman–Crippen MR) is 94.0 cm³/mol. The molecule has 8 heteroatoms. The highest BCUT2D eigenvalue weighted by Crippen LogP contribution is 2.22. The number of rotatable bonds is 5. The molecule has 2 aromatic carbocycles. The lowest BCUT2D eigenvalue weighted by Crippen LogP contribution is -2.26. The molecular formula is C19H15F3N4O. The molecule has 0 aliphatic rings. The Morgan fingerprint density at radius 1 is 0.963 bits per heavy atom. The minimum Gasteiger partial charge on any atom is -0.345 e. The van der Waals surface area contributed by atoms with Crippen LogP contribution in [0.1, 0.15) is 28.9 Å². The minimum absolute atomic E-state index is 0.0624. The molecule has 1 unspecified atom stereocenters. The van der Waals surface area contributed by atoms with E-state index in [1.807, 2.05) is 37.3 Å². The van der Waals surface area contributed by atoms with Crippen LogP contribution in [0.4, 0.5) is 24.8 Å². The summed E-state index contributed by atoms with van der Waals surface area (Å²) >= 11 is 0. The number of aromatic nitrogens is 2. The van der Waals surface area contributed by atoms with Gasteiger partial charge in [-0.1, -0.05) is 30.3 Å². The highest BCUT2D eigenvalue weighted by Gasteiger charge is 2.15. The van der Waals surface area contributed by atoms with Crippen LogP contribution in [0.3, 0.4) is 0 Å². The van der Waals surface area contributed by atoms with Crippen LogP contribution >= 0.6 is 0 Å². The number of hydrogen-bond donors (Lipinski definition) is 2. The molecule has 0 radical (unpaired) electrons. The molecule has 0 aliphatic carbocycles. The molecule has 0 bridgehead atoms. The van der Waals surface area contributed by atoms with Crippen molar-refractivity contribution in [1.29, 1.82) is 0 Å². The number of halogens is 3. The zero-order chi connectivity index (χ0) is 19.4. The number of benzene rings is 2. The third kappa shape index (κ3) is 4.22. The Morgan fingerprint density at radius 2 is 1.63 bits per heavy atom. The number of anilines is 2. The van der Waals surface area contributed by atoms with Crippen molar-refractivity contribution in [1.82, 2.24) is 15.3 Å². The van der Waals surface area contributed by atoms with Crippen molar-refractivity contribution in [2.45, 2.75) is 13.0 Å². The molecular weight excluding hydrogens is 357 g/mol. The summed E-state index contributed by atoms with van der Waals surface area (Å²) in [6, 6.07) is 11.0. The Kier molecular flexibility index (Phi) is 5.35. The molecule has 5 nitrogen and oxygen atoms in total. The van der Waals surface area contributed by atoms with E-state index < -0.39 is 17.5 Å². The van der Waals surface area contributed by atoms with Gasteiger partial charge in [-0.3, -0.25) is 4.79 Å². The summed E-state index contributed by atoms with van der Waals surface area (Å²) in [5.74, 6) is -4.70. The Morgan fingerprint density at radius 3 is 2.30 bits per heavy atom. The fraction of sp³-hybridized carbons (Fsp3) is 0.105. The van der Waals surface area contributed by atoms with Crippen molar-refractivity contribution in [3.63, 3.8) is 0 Å². The van der Waals surface area contributed by atoms with E-state index in [1.165, 1.54) is 12.4 Å². The van der Waals surface area contributed by atoms with E-state index in [4.69, 9.17) is 0 Å². The van der Waals surface area contributed by atoms with Crippen LogP contribution in [-0.4, -0.2) is 15.9 Å². The van der Waals surface area contributed by atoms with Gasteiger partial charge in [-0.05, 0) is 24.6 Å². The number of nitrogens with zero attached hydrogens (tertiary/aromatic N) is 2. The van der Waals surface area contributed by atoms with Crippen LogP contribution in [0.25, 0.3) is 0 Å². The second-order valence-corrected chi connectivity index (χ2v) is 5.75. The van der Waals surface area contributed by atoms with Gasteiger partial charge in [-0.25, -0.2) is 23.1 Å². The standard InChI is InChI=1S/C19H15F3N4O/c1-11(12-5-3-2-4-6-12)25-18(27)13-9-23-19(24-10-13)26-15-8-7-14(20)16(21)17(15)22/h2-11H,1H3,(H,25,27)(H,23,24,26). The number of carbonyl (C=O) groups is 1. The van der Waals surface area contributed by atoms with E-state index in [1.54, 1.807) is 0 Å². The van der Waals surface area contributed by atoms with E-state index in [0.717, 1.165) is 17.7 Å². The number of carbonyl (C=O) groups excluding carboxylic acids is 1. The van der Waals surface area contributed by atoms with Crippen molar-refractivity contribution in [2.24, 2.45) is 0 Å². The van der Waals surface area contributed by atoms with E-state index in [0.29, 0.717) is 0 Å². The Balaban J connectivity index is 1.68. The van der Waals surface area contributed by atoms with Gasteiger partial charge in [0.1, 0.15) is 0 Å². The molecule has 0 saturated carbocycles. The summed E-state index contributed by atoms with van der Waals surface area (Å²) in [6.07, 6.45) is 2.50. The van der Waals surface area contributed by atoms with Crippen LogP contribution < -0.4 is 10.6 Å². The maximum Gasteiger partial charge on any atom is 0.254 e. The molecule has 1 atom stereocenters. The zero-order valence-electron chi connectivity index (χ0n) is 14.2. The molecule has 1 aromatic heterocycles. The molecule has 2 N–H and O–H groups in total. The maximum atomic E-state index is 13.7. The first kappa shape index (κ1) is 18.4. The second-order valence-electron chi connectivity index (χ2n) is 5.75. The maximum absolute atomic E-state index is 13.7. The summed E-state index contributed by atoms with van der Waals surface area (Å²) in [7, 11) is 0. The number of amides is 1. The normalized spacial score (nSPS) is 11.7. The summed E-state index contributed by atoms with van der Waals surface area (Å²) in [4.78, 5) is 20.1. The second kappa shape index (κ2) is 7.86. The molecule has 138 valence electrons. The average molecular weight is 372 g/mol. The third-order valence-corrected chi connectivity index (χ3v) is 3.84. The van der Waals surface area contributed by atoms with Gasteiger partial charge in [0, 0.05) is 12.4 Å². The first-order chi connectivity index (χ1) is 13.0. The van der Waals surface area contributed by atoms with Gasteiger partial charge < -0.3 is 10.6 Å². The number of nitrogens with one attached hydrogen (secondary N) is 2. The molecule has 3 rings (SSSR count). The summed E-state index contributed by atoms with van der Waals surface area (Å²) in [6.45, 7) is 1.84. The largest absolute Gasteiger partial charge is 0.345 e. The molecule has 0 fully saturated rings. The zero-order valence-corrected chi connectivity index (χ0v) is 14.2. The van der Waals surface area contributed by atoms with Crippen LogP contribution in [0, 0.1) is 17.5 Å². The molecule has 0 saturated heterocycles. The smallest absolute Gasteiger partial charge is 0.254 e. The topological polar surface area (TPSA) is 66.9 Å². The minimum atomic E-state index is -1.59. The first-order valence-corrected chi connectivity index (χ1v) is 8.04. The van der Waals surface area contributed by atoms with E-state index in [-0.39, 0.29) is 29.1 Å². The van der Waals surface area contributed by atoms with Gasteiger partial charge in [-0.15, -0.1) is 0 Å². The van der Waals surface area contributed by atoms with Gasteiger partial charge in [0.15, 0.2) is 17.5 Å². The quantitative estimate of drug-likeness (QED) is 0.661. The highest BCUT2D eigenvalue weighted by atomic mass is 19.2. The van der Waals surface area contributed by atoms with E-state index in [2.05, 4.69) is 20.6 Å². The SMILES string of the molecule is CC(NC(=O)c1cnc(Nc2ccc(F)c(F)c2F)nc1)c1ccccc1. The summed E-state index contributed by atoms with van der Waals surface area (Å²) < 4.78 is 39.9. The summed E-state index contributed by atoms with van der Waals surface area (Å²) in [5, 5.41) is 5.25. The van der Waals surface area contributed by atoms with Crippen molar-refractivity contribution in [2.75, 3.05) is 5.32 Å². The molecule has 0 aliphatic heterocycles. The van der Waals surface area contributed by atoms with Gasteiger partial charge in [0.05, 0.1) is 17.3 Å². The van der Waals surface area contributed by atoms with Crippen molar-refractivity contribution in [3.8, 4) is 0 Å². The van der Waals surface area contributed by atoms with Crippen LogP contribution in [0.5, 0.6) is 0 Å². The lowest BCUT2D eigenvalue weighted by Gasteiger charge is -2.14. The van der Waals surface area contributed by atoms with Crippen LogP contribution in [0.15, 0.2) is 54.9 Å². The molecule has 0 spiro atoms. The third-order valence-electron chi connectivity index (χ3n) is 3.84. The van der Waals surface area contributed by atoms with Crippen molar-refractivity contribution < 1.29 is 18.0 Å². The Hall–Kier alpha value is -3.42. The fourth-order valence-electron chi connectivity index (χ4n) is 2.36. The number of hydrogen-bond acceptors (Lipinski definition) is 4. The molecule has 3 aromatic rings. The summed E-state index contributed by atoms with van der Waals surface area (Å²) in [5.41, 5.74) is 0.830. The first-order valence-electron chi connectivity index (χ1n) is 8.04. The van der Waals surface area contributed by atoms with Gasteiger partial charge >= 0.3 is 0 Å². The Labute approximate surface area is 153 Å². The Bertz CT molecular complexity index is 949. The fourth-order valence-corrected chi connectivity index (χ4v) is 2.36. The van der Waals surface area contributed by atoms with Gasteiger partial charge in [0.25, 0.3) is 5.91 Å².